The summed E-state index contributed by atoms with van der Waals surface area (Å²) in [7, 11) is 0. The van der Waals surface area contributed by atoms with Crippen molar-refractivity contribution in [2.75, 3.05) is 6.54 Å². The van der Waals surface area contributed by atoms with Crippen LogP contribution >= 0.6 is 0 Å². The van der Waals surface area contributed by atoms with E-state index in [4.69, 9.17) is 5.73 Å². The Labute approximate surface area is 87.3 Å². The third-order valence-corrected chi connectivity index (χ3v) is 2.92. The number of hydrogen-bond acceptors (Lipinski definition) is 1. The summed E-state index contributed by atoms with van der Waals surface area (Å²) in [6.45, 7) is 9.48. The van der Waals surface area contributed by atoms with Crippen LogP contribution in [-0.2, 0) is 0 Å². The lowest BCUT2D eigenvalue weighted by atomic mass is 9.88. The monoisotopic (exact) mass is 191 g/mol. The van der Waals surface area contributed by atoms with Crippen LogP contribution in [0.3, 0.4) is 0 Å². The molecule has 14 heavy (non-hydrogen) atoms. The van der Waals surface area contributed by atoms with E-state index in [0.717, 1.165) is 13.0 Å². The molecule has 0 heterocycles. The molecule has 1 aromatic rings. The van der Waals surface area contributed by atoms with E-state index in [9.17, 15) is 0 Å². The Bertz CT molecular complexity index is 288. The summed E-state index contributed by atoms with van der Waals surface area (Å²) in [4.78, 5) is 0. The largest absolute Gasteiger partial charge is 0.330 e. The van der Waals surface area contributed by atoms with Crippen LogP contribution in [0.4, 0.5) is 0 Å². The van der Waals surface area contributed by atoms with E-state index in [1.807, 2.05) is 0 Å². The number of rotatable bonds is 3. The Balaban J connectivity index is 3.19. The average Bonchev–Trinajstić information content (AvgIpc) is 2.10. The SMILES string of the molecule is CC[C@@H](CN)c1c(C)cc(C)cc1C. The molecule has 0 bridgehead atoms. The topological polar surface area (TPSA) is 26.0 Å². The molecule has 0 amide bonds. The van der Waals surface area contributed by atoms with Crippen LogP contribution < -0.4 is 5.73 Å². The molecule has 1 heteroatoms. The van der Waals surface area contributed by atoms with E-state index >= 15 is 0 Å². The summed E-state index contributed by atoms with van der Waals surface area (Å²) in [6, 6.07) is 4.50. The van der Waals surface area contributed by atoms with Gasteiger partial charge in [0.15, 0.2) is 0 Å². The van der Waals surface area contributed by atoms with E-state index < -0.39 is 0 Å². The summed E-state index contributed by atoms with van der Waals surface area (Å²) in [6.07, 6.45) is 1.13. The van der Waals surface area contributed by atoms with Crippen LogP contribution in [0.15, 0.2) is 12.1 Å². The lowest BCUT2D eigenvalue weighted by molar-refractivity contribution is 0.666. The first-order chi connectivity index (χ1) is 6.60. The molecular formula is C13H21N. The van der Waals surface area contributed by atoms with E-state index in [-0.39, 0.29) is 0 Å². The molecule has 1 nitrogen and oxygen atoms in total. The molecule has 1 aromatic carbocycles. The minimum absolute atomic E-state index is 0.524. The molecule has 0 aromatic heterocycles. The second-order valence-corrected chi connectivity index (χ2v) is 4.15. The maximum absolute atomic E-state index is 5.79. The van der Waals surface area contributed by atoms with E-state index in [0.29, 0.717) is 5.92 Å². The van der Waals surface area contributed by atoms with Crippen molar-refractivity contribution < 1.29 is 0 Å². The van der Waals surface area contributed by atoms with Crippen LogP contribution in [0, 0.1) is 20.8 Å². The van der Waals surface area contributed by atoms with Gasteiger partial charge in [-0.25, -0.2) is 0 Å². The maximum atomic E-state index is 5.79. The standard InChI is InChI=1S/C13H21N/c1-5-12(8-14)13-10(3)6-9(2)7-11(13)4/h6-7,12H,5,8,14H2,1-4H3/t12-/m0/s1. The zero-order valence-electron chi connectivity index (χ0n) is 9.72. The molecule has 2 N–H and O–H groups in total. The third-order valence-electron chi connectivity index (χ3n) is 2.92. The highest BCUT2D eigenvalue weighted by molar-refractivity contribution is 5.40. The molecule has 0 spiro atoms. The van der Waals surface area contributed by atoms with Crippen LogP contribution in [-0.4, -0.2) is 6.54 Å². The van der Waals surface area contributed by atoms with Crippen molar-refractivity contribution in [1.82, 2.24) is 0 Å². The molecule has 0 unspecified atom stereocenters. The van der Waals surface area contributed by atoms with Gasteiger partial charge in [-0.05, 0) is 56.3 Å². The van der Waals surface area contributed by atoms with Crippen LogP contribution in [0.2, 0.25) is 0 Å². The minimum atomic E-state index is 0.524. The Morgan fingerprint density at radius 1 is 1.14 bits per heavy atom. The van der Waals surface area contributed by atoms with E-state index in [1.165, 1.54) is 22.3 Å². The molecule has 78 valence electrons. The van der Waals surface area contributed by atoms with E-state index in [2.05, 4.69) is 39.8 Å². The van der Waals surface area contributed by atoms with Gasteiger partial charge in [-0.1, -0.05) is 24.6 Å². The third kappa shape index (κ3) is 2.16. The molecule has 0 aliphatic carbocycles. The van der Waals surface area contributed by atoms with Gasteiger partial charge in [-0.3, -0.25) is 0 Å². The number of benzene rings is 1. The Hall–Kier alpha value is -0.820. The second kappa shape index (κ2) is 4.61. The zero-order valence-corrected chi connectivity index (χ0v) is 9.72. The Morgan fingerprint density at radius 2 is 1.64 bits per heavy atom. The van der Waals surface area contributed by atoms with Crippen molar-refractivity contribution in [3.05, 3.63) is 34.4 Å². The molecule has 0 aliphatic rings. The normalized spacial score (nSPS) is 12.9. The summed E-state index contributed by atoms with van der Waals surface area (Å²) in [5.74, 6) is 0.524. The fourth-order valence-corrected chi connectivity index (χ4v) is 2.32. The first kappa shape index (κ1) is 11.3. The van der Waals surface area contributed by atoms with Crippen molar-refractivity contribution in [3.63, 3.8) is 0 Å². The number of aryl methyl sites for hydroxylation is 3. The Kier molecular flexibility index (Phi) is 3.70. The first-order valence-electron chi connectivity index (χ1n) is 5.38. The van der Waals surface area contributed by atoms with Crippen molar-refractivity contribution in [3.8, 4) is 0 Å². The van der Waals surface area contributed by atoms with Gasteiger partial charge in [0, 0.05) is 0 Å². The van der Waals surface area contributed by atoms with Gasteiger partial charge >= 0.3 is 0 Å². The first-order valence-corrected chi connectivity index (χ1v) is 5.38. The summed E-state index contributed by atoms with van der Waals surface area (Å²) >= 11 is 0. The average molecular weight is 191 g/mol. The molecular weight excluding hydrogens is 170 g/mol. The van der Waals surface area contributed by atoms with Crippen molar-refractivity contribution in [2.24, 2.45) is 5.73 Å². The van der Waals surface area contributed by atoms with Gasteiger partial charge in [0.25, 0.3) is 0 Å². The molecule has 1 rings (SSSR count). The van der Waals surface area contributed by atoms with Crippen LogP contribution in [0.25, 0.3) is 0 Å². The van der Waals surface area contributed by atoms with Gasteiger partial charge < -0.3 is 5.73 Å². The fourth-order valence-electron chi connectivity index (χ4n) is 2.32. The van der Waals surface area contributed by atoms with Gasteiger partial charge in [-0.2, -0.15) is 0 Å². The summed E-state index contributed by atoms with van der Waals surface area (Å²) in [5.41, 5.74) is 11.4. The number of nitrogens with two attached hydrogens (primary N) is 1. The molecule has 0 saturated carbocycles. The zero-order chi connectivity index (χ0) is 10.7. The lowest BCUT2D eigenvalue weighted by Gasteiger charge is -2.19. The highest BCUT2D eigenvalue weighted by Gasteiger charge is 2.12. The van der Waals surface area contributed by atoms with E-state index in [1.54, 1.807) is 0 Å². The predicted octanol–water partition coefficient (Wildman–Crippen LogP) is 3.06. The highest BCUT2D eigenvalue weighted by Crippen LogP contribution is 2.26. The maximum Gasteiger partial charge on any atom is -0.000814 e. The van der Waals surface area contributed by atoms with Crippen molar-refractivity contribution >= 4 is 0 Å². The quantitative estimate of drug-likeness (QED) is 0.780. The molecule has 0 radical (unpaired) electrons. The van der Waals surface area contributed by atoms with Crippen molar-refractivity contribution in [1.29, 1.82) is 0 Å². The van der Waals surface area contributed by atoms with Gasteiger partial charge in [-0.15, -0.1) is 0 Å². The molecule has 0 aliphatic heterocycles. The minimum Gasteiger partial charge on any atom is -0.330 e. The summed E-state index contributed by atoms with van der Waals surface area (Å²) < 4.78 is 0. The van der Waals surface area contributed by atoms with Gasteiger partial charge in [0.05, 0.1) is 0 Å². The summed E-state index contributed by atoms with van der Waals surface area (Å²) in [5, 5.41) is 0. The van der Waals surface area contributed by atoms with Crippen molar-refractivity contribution in [2.45, 2.75) is 40.0 Å². The molecule has 0 fully saturated rings. The van der Waals surface area contributed by atoms with Crippen LogP contribution in [0.5, 0.6) is 0 Å². The Morgan fingerprint density at radius 3 is 2.00 bits per heavy atom. The number of hydrogen-bond donors (Lipinski definition) is 1. The van der Waals surface area contributed by atoms with Gasteiger partial charge in [0.1, 0.15) is 0 Å². The second-order valence-electron chi connectivity index (χ2n) is 4.15. The van der Waals surface area contributed by atoms with Gasteiger partial charge in [0.2, 0.25) is 0 Å². The van der Waals surface area contributed by atoms with Crippen LogP contribution in [0.1, 0.15) is 41.5 Å². The smallest absolute Gasteiger partial charge is 0.000814 e. The lowest BCUT2D eigenvalue weighted by Crippen LogP contribution is -2.14. The predicted molar refractivity (Wildman–Crippen MR) is 62.7 cm³/mol. The molecule has 0 saturated heterocycles. The molecule has 1 atom stereocenters. The highest BCUT2D eigenvalue weighted by atomic mass is 14.5. The fraction of sp³-hybridized carbons (Fsp3) is 0.538.